The third-order valence-electron chi connectivity index (χ3n) is 4.25. The molecule has 0 unspecified atom stereocenters. The van der Waals surface area contributed by atoms with Gasteiger partial charge in [0.15, 0.2) is 0 Å². The van der Waals surface area contributed by atoms with Crippen molar-refractivity contribution in [2.45, 2.75) is 25.8 Å². The molecular formula is C18H26N2O3S. The minimum Gasteiger partial charge on any atom is -0.496 e. The number of carbonyl (C=O) groups excluding carboxylic acids is 2. The van der Waals surface area contributed by atoms with Gasteiger partial charge in [-0.25, -0.2) is 0 Å². The van der Waals surface area contributed by atoms with Crippen LogP contribution in [0.3, 0.4) is 0 Å². The maximum atomic E-state index is 12.3. The summed E-state index contributed by atoms with van der Waals surface area (Å²) < 4.78 is 5.35. The van der Waals surface area contributed by atoms with Gasteiger partial charge in [0.05, 0.1) is 13.0 Å². The summed E-state index contributed by atoms with van der Waals surface area (Å²) in [6.45, 7) is 1.67. The van der Waals surface area contributed by atoms with Crippen molar-refractivity contribution in [2.75, 3.05) is 32.2 Å². The molecule has 1 atom stereocenters. The molecule has 0 radical (unpaired) electrons. The number of piperidine rings is 1. The molecule has 0 saturated carbocycles. The Balaban J connectivity index is 1.93. The minimum absolute atomic E-state index is 0.0635. The number of nitrogens with one attached hydrogen (secondary N) is 1. The van der Waals surface area contributed by atoms with Gasteiger partial charge in [0.1, 0.15) is 5.75 Å². The first kappa shape index (κ1) is 18.6. The number of likely N-dealkylation sites (tertiary alicyclic amines) is 1. The highest BCUT2D eigenvalue weighted by Crippen LogP contribution is 2.24. The molecule has 1 fully saturated rings. The Labute approximate surface area is 148 Å². The van der Waals surface area contributed by atoms with Gasteiger partial charge in [-0.15, -0.1) is 0 Å². The number of hydrogen-bond donors (Lipinski definition) is 1. The first-order valence-electron chi connectivity index (χ1n) is 8.32. The monoisotopic (exact) mass is 350 g/mol. The lowest BCUT2D eigenvalue weighted by molar-refractivity contribution is -0.138. The maximum Gasteiger partial charge on any atom is 0.224 e. The van der Waals surface area contributed by atoms with Gasteiger partial charge >= 0.3 is 0 Å². The van der Waals surface area contributed by atoms with Crippen molar-refractivity contribution >= 4 is 23.6 Å². The zero-order valence-corrected chi connectivity index (χ0v) is 15.2. The largest absolute Gasteiger partial charge is 0.496 e. The minimum atomic E-state index is -0.119. The molecule has 24 heavy (non-hydrogen) atoms. The van der Waals surface area contributed by atoms with Crippen molar-refractivity contribution in [1.29, 1.82) is 0 Å². The van der Waals surface area contributed by atoms with Crippen molar-refractivity contribution in [3.05, 3.63) is 29.8 Å². The third-order valence-corrected chi connectivity index (χ3v) is 4.95. The fraction of sp³-hybridized carbons (Fsp3) is 0.556. The van der Waals surface area contributed by atoms with E-state index < -0.39 is 0 Å². The average Bonchev–Trinajstić information content (AvgIpc) is 2.61. The third kappa shape index (κ3) is 5.16. The van der Waals surface area contributed by atoms with E-state index in [0.29, 0.717) is 32.5 Å². The molecule has 1 aromatic rings. The summed E-state index contributed by atoms with van der Waals surface area (Å²) in [7, 11) is 1.63. The molecule has 1 aliphatic heterocycles. The molecule has 0 aliphatic carbocycles. The Morgan fingerprint density at radius 1 is 1.42 bits per heavy atom. The molecule has 0 aromatic heterocycles. The van der Waals surface area contributed by atoms with Crippen LogP contribution in [0.2, 0.25) is 0 Å². The Bertz CT molecular complexity index is 565. The van der Waals surface area contributed by atoms with Crippen LogP contribution < -0.4 is 10.1 Å². The summed E-state index contributed by atoms with van der Waals surface area (Å²) in [5, 5.41) is 2.99. The highest BCUT2D eigenvalue weighted by atomic mass is 32.2. The van der Waals surface area contributed by atoms with Crippen LogP contribution in [0.5, 0.6) is 5.75 Å². The van der Waals surface area contributed by atoms with Crippen molar-refractivity contribution < 1.29 is 14.3 Å². The van der Waals surface area contributed by atoms with Crippen LogP contribution >= 0.6 is 11.8 Å². The molecule has 1 aromatic carbocycles. The number of benzene rings is 1. The molecule has 2 rings (SSSR count). The molecule has 132 valence electrons. The van der Waals surface area contributed by atoms with Gasteiger partial charge in [0, 0.05) is 31.6 Å². The predicted molar refractivity (Wildman–Crippen MR) is 97.1 cm³/mol. The normalized spacial score (nSPS) is 17.7. The fourth-order valence-corrected chi connectivity index (χ4v) is 3.33. The molecule has 6 heteroatoms. The van der Waals surface area contributed by atoms with E-state index in [0.717, 1.165) is 23.5 Å². The topological polar surface area (TPSA) is 58.6 Å². The van der Waals surface area contributed by atoms with E-state index in [9.17, 15) is 9.59 Å². The summed E-state index contributed by atoms with van der Waals surface area (Å²) in [6, 6.07) is 7.69. The number of ether oxygens (including phenoxy) is 1. The van der Waals surface area contributed by atoms with Crippen LogP contribution in [-0.4, -0.2) is 48.9 Å². The van der Waals surface area contributed by atoms with Crippen LogP contribution in [0.15, 0.2) is 24.3 Å². The number of methoxy groups -OCH3 is 1. The molecular weight excluding hydrogens is 324 g/mol. The lowest BCUT2D eigenvalue weighted by Gasteiger charge is -2.32. The molecule has 0 spiro atoms. The van der Waals surface area contributed by atoms with Gasteiger partial charge in [-0.05, 0) is 30.9 Å². The molecule has 5 nitrogen and oxygen atoms in total. The van der Waals surface area contributed by atoms with E-state index in [1.807, 2.05) is 24.3 Å². The van der Waals surface area contributed by atoms with Gasteiger partial charge < -0.3 is 15.0 Å². The van der Waals surface area contributed by atoms with Gasteiger partial charge in [0.2, 0.25) is 11.8 Å². The maximum absolute atomic E-state index is 12.3. The Kier molecular flexibility index (Phi) is 7.43. The van der Waals surface area contributed by atoms with Gasteiger partial charge in [-0.1, -0.05) is 18.2 Å². The number of amides is 2. The van der Waals surface area contributed by atoms with Crippen LogP contribution in [0, 0.1) is 5.92 Å². The molecule has 1 saturated heterocycles. The van der Waals surface area contributed by atoms with Gasteiger partial charge in [0.25, 0.3) is 0 Å². The second kappa shape index (κ2) is 9.57. The average molecular weight is 350 g/mol. The van der Waals surface area contributed by atoms with E-state index in [1.165, 1.54) is 0 Å². The fourth-order valence-electron chi connectivity index (χ4n) is 2.89. The molecule has 1 N–H and O–H groups in total. The second-order valence-corrected chi connectivity index (χ2v) is 6.94. The summed E-state index contributed by atoms with van der Waals surface area (Å²) in [4.78, 5) is 26.3. The number of hydrogen-bond acceptors (Lipinski definition) is 4. The number of carbonyl (C=O) groups is 2. The number of rotatable bonds is 8. The summed E-state index contributed by atoms with van der Waals surface area (Å²) in [5.74, 6) is 1.87. The number of nitrogens with zero attached hydrogens (tertiary/aromatic N) is 1. The Hall–Kier alpha value is -1.69. The molecule has 1 heterocycles. The van der Waals surface area contributed by atoms with Crippen LogP contribution in [0.25, 0.3) is 0 Å². The first-order valence-corrected chi connectivity index (χ1v) is 9.71. The van der Waals surface area contributed by atoms with Crippen LogP contribution in [-0.2, 0) is 16.1 Å². The van der Waals surface area contributed by atoms with Crippen molar-refractivity contribution in [2.24, 2.45) is 5.92 Å². The summed E-state index contributed by atoms with van der Waals surface area (Å²) in [5.41, 5.74) is 0.967. The van der Waals surface area contributed by atoms with E-state index in [-0.39, 0.29) is 17.7 Å². The highest BCUT2D eigenvalue weighted by molar-refractivity contribution is 7.98. The second-order valence-electron chi connectivity index (χ2n) is 5.96. The smallest absolute Gasteiger partial charge is 0.224 e. The highest BCUT2D eigenvalue weighted by Gasteiger charge is 2.30. The zero-order chi connectivity index (χ0) is 17.4. The van der Waals surface area contributed by atoms with Crippen LogP contribution in [0.1, 0.15) is 24.8 Å². The lowest BCUT2D eigenvalue weighted by atomic mass is 9.96. The number of thioether (sulfide) groups is 1. The Morgan fingerprint density at radius 2 is 2.21 bits per heavy atom. The van der Waals surface area contributed by atoms with Crippen molar-refractivity contribution in [3.8, 4) is 5.75 Å². The molecule has 1 aliphatic rings. The van der Waals surface area contributed by atoms with E-state index in [2.05, 4.69) is 11.6 Å². The summed E-state index contributed by atoms with van der Waals surface area (Å²) in [6.07, 6.45) is 4.10. The zero-order valence-electron chi connectivity index (χ0n) is 14.4. The van der Waals surface area contributed by atoms with E-state index in [1.54, 1.807) is 23.8 Å². The molecule has 0 bridgehead atoms. The molecule has 2 amide bonds. The van der Waals surface area contributed by atoms with E-state index >= 15 is 0 Å². The predicted octanol–water partition coefficient (Wildman–Crippen LogP) is 2.30. The van der Waals surface area contributed by atoms with Gasteiger partial charge in [-0.2, -0.15) is 11.8 Å². The van der Waals surface area contributed by atoms with E-state index in [4.69, 9.17) is 4.74 Å². The standard InChI is InChI=1S/C18H26N2O3S/c1-23-16-7-4-3-6-14(16)12-20-13-15(8-9-17(20)21)18(22)19-10-5-11-24-2/h3-4,6-7,15H,5,8-13H2,1-2H3,(H,19,22)/t15-/m0/s1. The first-order chi connectivity index (χ1) is 11.7. The Morgan fingerprint density at radius 3 is 2.96 bits per heavy atom. The number of para-hydroxylation sites is 1. The van der Waals surface area contributed by atoms with Crippen molar-refractivity contribution in [3.63, 3.8) is 0 Å². The summed E-state index contributed by atoms with van der Waals surface area (Å²) >= 11 is 1.78. The quantitative estimate of drug-likeness (QED) is 0.731. The lowest BCUT2D eigenvalue weighted by Crippen LogP contribution is -2.45. The van der Waals surface area contributed by atoms with Gasteiger partial charge in [-0.3, -0.25) is 9.59 Å². The SMILES string of the molecule is COc1ccccc1CN1C[C@@H](C(=O)NCCCSC)CCC1=O. The van der Waals surface area contributed by atoms with Crippen molar-refractivity contribution in [1.82, 2.24) is 10.2 Å². The van der Waals surface area contributed by atoms with Crippen LogP contribution in [0.4, 0.5) is 0 Å².